The number of rotatable bonds is 10. The molecule has 1 aromatic rings. The van der Waals surface area contributed by atoms with Crippen LogP contribution >= 0.6 is 0 Å². The van der Waals surface area contributed by atoms with Crippen LogP contribution in [0.4, 0.5) is 4.79 Å². The molecule has 0 radical (unpaired) electrons. The smallest absolute Gasteiger partial charge is 0.408 e. The highest BCUT2D eigenvalue weighted by Crippen LogP contribution is 2.29. The summed E-state index contributed by atoms with van der Waals surface area (Å²) in [4.78, 5) is 50.9. The molecule has 186 valence electrons. The number of phenols is 1. The van der Waals surface area contributed by atoms with Crippen LogP contribution in [0.25, 0.3) is 0 Å². The zero-order valence-corrected chi connectivity index (χ0v) is 20.1. The zero-order valence-electron chi connectivity index (χ0n) is 20.1. The Labute approximate surface area is 199 Å². The minimum Gasteiger partial charge on any atom is -0.508 e. The molecule has 0 fully saturated rings. The molecule has 1 aromatic carbocycles. The second-order valence-electron chi connectivity index (χ2n) is 8.30. The van der Waals surface area contributed by atoms with Crippen LogP contribution < -0.4 is 10.6 Å². The van der Waals surface area contributed by atoms with Gasteiger partial charge in [-0.1, -0.05) is 18.2 Å². The topological polar surface area (TPSA) is 158 Å². The van der Waals surface area contributed by atoms with E-state index < -0.39 is 48.1 Å². The molecule has 0 saturated carbocycles. The second-order valence-corrected chi connectivity index (χ2v) is 8.30. The Kier molecular flexibility index (Phi) is 10.8. The van der Waals surface area contributed by atoms with E-state index in [1.165, 1.54) is 25.1 Å². The van der Waals surface area contributed by atoms with Crippen molar-refractivity contribution in [3.63, 3.8) is 0 Å². The number of phenolic OH excluding ortho intramolecular Hbond substituents is 1. The van der Waals surface area contributed by atoms with E-state index in [4.69, 9.17) is 9.47 Å². The van der Waals surface area contributed by atoms with Gasteiger partial charge < -0.3 is 30.1 Å². The Morgan fingerprint density at radius 2 is 1.85 bits per heavy atom. The van der Waals surface area contributed by atoms with Gasteiger partial charge in [0.05, 0.1) is 19.1 Å². The van der Waals surface area contributed by atoms with Crippen LogP contribution in [0.1, 0.15) is 52.6 Å². The van der Waals surface area contributed by atoms with Crippen molar-refractivity contribution in [2.45, 2.75) is 58.7 Å². The molecule has 0 bridgehead atoms. The number of nitrogens with one attached hydrogen (secondary N) is 2. The van der Waals surface area contributed by atoms with Crippen molar-refractivity contribution in [1.82, 2.24) is 15.5 Å². The van der Waals surface area contributed by atoms with E-state index in [0.717, 1.165) is 4.90 Å². The van der Waals surface area contributed by atoms with Gasteiger partial charge in [0.15, 0.2) is 0 Å². The second kappa shape index (κ2) is 13.0. The Morgan fingerprint density at radius 3 is 2.41 bits per heavy atom. The number of benzene rings is 1. The average Bonchev–Trinajstić information content (AvgIpc) is 2.72. The highest BCUT2D eigenvalue weighted by molar-refractivity contribution is 5.92. The van der Waals surface area contributed by atoms with Gasteiger partial charge in [0.25, 0.3) is 0 Å². The van der Waals surface area contributed by atoms with Crippen LogP contribution in [0.3, 0.4) is 0 Å². The number of hydrogen-bond acceptors (Lipinski definition) is 8. The first-order chi connectivity index (χ1) is 15.9. The zero-order chi connectivity index (χ0) is 25.9. The SMILES string of the molecule is CCOC(=O)CCNC(=O)C(c1ccccc1O)N(CC#N)C(=O)C(C)NC(=O)OC(C)(C)C. The van der Waals surface area contributed by atoms with Gasteiger partial charge in [-0.25, -0.2) is 4.79 Å². The van der Waals surface area contributed by atoms with Gasteiger partial charge in [-0.15, -0.1) is 0 Å². The van der Waals surface area contributed by atoms with Crippen molar-refractivity contribution < 1.29 is 33.8 Å². The van der Waals surface area contributed by atoms with Gasteiger partial charge in [0.2, 0.25) is 11.8 Å². The van der Waals surface area contributed by atoms with Gasteiger partial charge in [-0.05, 0) is 40.7 Å². The number of nitriles is 1. The molecule has 2 atom stereocenters. The van der Waals surface area contributed by atoms with Gasteiger partial charge >= 0.3 is 12.1 Å². The highest BCUT2D eigenvalue weighted by atomic mass is 16.6. The maximum atomic E-state index is 13.2. The molecule has 2 unspecified atom stereocenters. The van der Waals surface area contributed by atoms with E-state index in [9.17, 15) is 29.5 Å². The van der Waals surface area contributed by atoms with E-state index in [1.807, 2.05) is 6.07 Å². The van der Waals surface area contributed by atoms with Crippen molar-refractivity contribution in [3.05, 3.63) is 29.8 Å². The third kappa shape index (κ3) is 8.97. The lowest BCUT2D eigenvalue weighted by Crippen LogP contribution is -2.52. The molecule has 1 rings (SSSR count). The molecule has 0 aromatic heterocycles. The molecule has 34 heavy (non-hydrogen) atoms. The minimum absolute atomic E-state index is 0.0733. The summed E-state index contributed by atoms with van der Waals surface area (Å²) in [6.45, 7) is 7.63. The fraction of sp³-hybridized carbons (Fsp3) is 0.522. The quantitative estimate of drug-likeness (QED) is 0.340. The van der Waals surface area contributed by atoms with Crippen LogP contribution in [0, 0.1) is 11.3 Å². The molecule has 3 amide bonds. The maximum Gasteiger partial charge on any atom is 0.408 e. The number of carbonyl (C=O) groups is 4. The molecular formula is C23H32N4O7. The highest BCUT2D eigenvalue weighted by Gasteiger charge is 2.36. The number of alkyl carbamates (subject to hydrolysis) is 1. The fourth-order valence-corrected chi connectivity index (χ4v) is 2.95. The maximum absolute atomic E-state index is 13.2. The number of esters is 1. The van der Waals surface area contributed by atoms with E-state index in [0.29, 0.717) is 0 Å². The molecule has 3 N–H and O–H groups in total. The molecule has 0 spiro atoms. The molecule has 0 aliphatic rings. The Morgan fingerprint density at radius 1 is 1.21 bits per heavy atom. The summed E-state index contributed by atoms with van der Waals surface area (Å²) < 4.78 is 9.98. The van der Waals surface area contributed by atoms with Crippen molar-refractivity contribution >= 4 is 23.9 Å². The number of nitrogens with zero attached hydrogens (tertiary/aromatic N) is 2. The van der Waals surface area contributed by atoms with Crippen LogP contribution in [-0.2, 0) is 23.9 Å². The summed E-state index contributed by atoms with van der Waals surface area (Å²) in [6, 6.07) is 5.16. The predicted octanol–water partition coefficient (Wildman–Crippen LogP) is 1.77. The number of ether oxygens (including phenoxy) is 2. The van der Waals surface area contributed by atoms with Crippen LogP contribution in [0.5, 0.6) is 5.75 Å². The van der Waals surface area contributed by atoms with E-state index >= 15 is 0 Å². The van der Waals surface area contributed by atoms with Crippen molar-refractivity contribution in [2.24, 2.45) is 0 Å². The lowest BCUT2D eigenvalue weighted by Gasteiger charge is -2.32. The molecule has 11 nitrogen and oxygen atoms in total. The molecule has 0 aliphatic carbocycles. The van der Waals surface area contributed by atoms with E-state index in [-0.39, 0.29) is 30.9 Å². The van der Waals surface area contributed by atoms with Crippen molar-refractivity contribution in [3.8, 4) is 11.8 Å². The fourth-order valence-electron chi connectivity index (χ4n) is 2.95. The Balaban J connectivity index is 3.19. The summed E-state index contributed by atoms with van der Waals surface area (Å²) >= 11 is 0. The number of para-hydroxylation sites is 1. The predicted molar refractivity (Wildman–Crippen MR) is 121 cm³/mol. The third-order valence-corrected chi connectivity index (χ3v) is 4.35. The number of aromatic hydroxyl groups is 1. The van der Waals surface area contributed by atoms with Crippen LogP contribution in [-0.4, -0.2) is 65.2 Å². The minimum atomic E-state index is -1.40. The van der Waals surface area contributed by atoms with Crippen LogP contribution in [0.15, 0.2) is 24.3 Å². The third-order valence-electron chi connectivity index (χ3n) is 4.35. The summed E-state index contributed by atoms with van der Waals surface area (Å²) in [5.41, 5.74) is -0.722. The van der Waals surface area contributed by atoms with E-state index in [2.05, 4.69) is 10.6 Å². The monoisotopic (exact) mass is 476 g/mol. The molecule has 0 aliphatic heterocycles. The van der Waals surface area contributed by atoms with Crippen molar-refractivity contribution in [1.29, 1.82) is 5.26 Å². The van der Waals surface area contributed by atoms with Crippen molar-refractivity contribution in [2.75, 3.05) is 19.7 Å². The molecule has 0 saturated heterocycles. The molecule has 11 heteroatoms. The van der Waals surface area contributed by atoms with Gasteiger partial charge in [0.1, 0.15) is 30.0 Å². The number of hydrogen-bond donors (Lipinski definition) is 3. The van der Waals surface area contributed by atoms with E-state index in [1.54, 1.807) is 33.8 Å². The first-order valence-corrected chi connectivity index (χ1v) is 10.8. The summed E-state index contributed by atoms with van der Waals surface area (Å²) in [7, 11) is 0. The lowest BCUT2D eigenvalue weighted by molar-refractivity contribution is -0.144. The van der Waals surface area contributed by atoms with Gasteiger partial charge in [0, 0.05) is 12.1 Å². The molecule has 0 heterocycles. The standard InChI is InChI=1S/C23H32N4O7/c1-6-33-18(29)11-13-25-20(30)19(16-9-7-8-10-17(16)28)27(14-12-24)21(31)15(2)26-22(32)34-23(3,4)5/h7-10,15,19,28H,6,11,13-14H2,1-5H3,(H,25,30)(H,26,32). The Hall–Kier alpha value is -3.81. The summed E-state index contributed by atoms with van der Waals surface area (Å²) in [5.74, 6) is -2.25. The largest absolute Gasteiger partial charge is 0.508 e. The number of carbonyl (C=O) groups excluding carboxylic acids is 4. The molecular weight excluding hydrogens is 444 g/mol. The van der Waals surface area contributed by atoms with Gasteiger partial charge in [-0.3, -0.25) is 14.4 Å². The normalized spacial score (nSPS) is 12.5. The first-order valence-electron chi connectivity index (χ1n) is 10.8. The first kappa shape index (κ1) is 28.2. The average molecular weight is 477 g/mol. The summed E-state index contributed by atoms with van der Waals surface area (Å²) in [5, 5.41) is 24.6. The van der Waals surface area contributed by atoms with Gasteiger partial charge in [-0.2, -0.15) is 5.26 Å². The number of amides is 3. The Bertz CT molecular complexity index is 921. The van der Waals surface area contributed by atoms with Crippen LogP contribution in [0.2, 0.25) is 0 Å². The lowest BCUT2D eigenvalue weighted by atomic mass is 10.0. The summed E-state index contributed by atoms with van der Waals surface area (Å²) in [6.07, 6.45) is -0.946.